The van der Waals surface area contributed by atoms with Crippen LogP contribution < -0.4 is 5.32 Å². The van der Waals surface area contributed by atoms with Crippen LogP contribution in [0.4, 0.5) is 0 Å². The van der Waals surface area contributed by atoms with Crippen molar-refractivity contribution in [2.75, 3.05) is 0 Å². The van der Waals surface area contributed by atoms with Gasteiger partial charge in [-0.2, -0.15) is 10.2 Å². The summed E-state index contributed by atoms with van der Waals surface area (Å²) in [7, 11) is 1.84. The van der Waals surface area contributed by atoms with Crippen molar-refractivity contribution in [3.8, 4) is 12.3 Å². The highest BCUT2D eigenvalue weighted by atomic mass is 16.1. The third-order valence-corrected chi connectivity index (χ3v) is 3.32. The number of aryl methyl sites for hydroxylation is 1. The van der Waals surface area contributed by atoms with E-state index in [9.17, 15) is 4.79 Å². The normalized spacial score (nSPS) is 16.4. The van der Waals surface area contributed by atoms with E-state index in [1.54, 1.807) is 10.9 Å². The Morgan fingerprint density at radius 1 is 1.55 bits per heavy atom. The van der Waals surface area contributed by atoms with Crippen LogP contribution in [0.2, 0.25) is 0 Å². The first-order chi connectivity index (χ1) is 9.56. The second-order valence-electron chi connectivity index (χ2n) is 4.98. The second-order valence-corrected chi connectivity index (χ2v) is 4.98. The number of nitrogens with zero attached hydrogens (tertiary/aromatic N) is 5. The molecule has 0 bridgehead atoms. The van der Waals surface area contributed by atoms with Gasteiger partial charge in [0.15, 0.2) is 11.5 Å². The minimum atomic E-state index is -0.405. The molecule has 2 rings (SSSR count). The molecule has 1 amide bonds. The summed E-state index contributed by atoms with van der Waals surface area (Å²) in [6.45, 7) is 1.88. The van der Waals surface area contributed by atoms with E-state index in [1.165, 1.54) is 0 Å². The molecule has 7 heteroatoms. The lowest BCUT2D eigenvalue weighted by Gasteiger charge is -2.14. The van der Waals surface area contributed by atoms with Gasteiger partial charge in [0.05, 0.1) is 6.04 Å². The summed E-state index contributed by atoms with van der Waals surface area (Å²) in [6, 6.07) is -0.176. The molecular weight excluding hydrogens is 256 g/mol. The summed E-state index contributed by atoms with van der Waals surface area (Å²) in [4.78, 5) is 11.9. The molecule has 1 aromatic heterocycles. The van der Waals surface area contributed by atoms with Gasteiger partial charge in [0.1, 0.15) is 6.33 Å². The van der Waals surface area contributed by atoms with Crippen molar-refractivity contribution >= 4 is 5.91 Å². The van der Waals surface area contributed by atoms with E-state index in [4.69, 9.17) is 6.42 Å². The maximum Gasteiger partial charge on any atom is 0.220 e. The largest absolute Gasteiger partial charge is 0.346 e. The van der Waals surface area contributed by atoms with Gasteiger partial charge >= 0.3 is 0 Å². The highest BCUT2D eigenvalue weighted by molar-refractivity contribution is 5.76. The summed E-state index contributed by atoms with van der Waals surface area (Å²) in [5.74, 6) is 3.25. The Labute approximate surface area is 117 Å². The van der Waals surface area contributed by atoms with Gasteiger partial charge in [-0.3, -0.25) is 4.79 Å². The monoisotopic (exact) mass is 274 g/mol. The van der Waals surface area contributed by atoms with E-state index in [-0.39, 0.29) is 11.9 Å². The van der Waals surface area contributed by atoms with Crippen LogP contribution >= 0.6 is 0 Å². The Morgan fingerprint density at radius 2 is 2.30 bits per heavy atom. The predicted molar refractivity (Wildman–Crippen MR) is 72.4 cm³/mol. The highest BCUT2D eigenvalue weighted by Crippen LogP contribution is 2.37. The Morgan fingerprint density at radius 3 is 2.85 bits per heavy atom. The van der Waals surface area contributed by atoms with Crippen molar-refractivity contribution in [3.05, 3.63) is 12.2 Å². The maximum absolute atomic E-state index is 11.9. The van der Waals surface area contributed by atoms with Crippen LogP contribution in [-0.2, 0) is 11.8 Å². The number of nitrogens with one attached hydrogen (secondary N) is 1. The Hall–Kier alpha value is -2.23. The molecule has 1 atom stereocenters. The number of terminal acetylenes is 1. The van der Waals surface area contributed by atoms with Crippen LogP contribution in [-0.4, -0.2) is 26.3 Å². The van der Waals surface area contributed by atoms with E-state index in [1.807, 2.05) is 14.0 Å². The fraction of sp³-hybridized carbons (Fsp3) is 0.615. The number of rotatable bonds is 7. The molecular formula is C13H18N6O. The molecule has 1 aromatic rings. The van der Waals surface area contributed by atoms with Crippen molar-refractivity contribution in [2.45, 2.75) is 44.3 Å². The fourth-order valence-corrected chi connectivity index (χ4v) is 2.04. The molecule has 7 nitrogen and oxygen atoms in total. The van der Waals surface area contributed by atoms with Crippen molar-refractivity contribution in [1.82, 2.24) is 20.1 Å². The Balaban J connectivity index is 1.76. The average molecular weight is 274 g/mol. The molecule has 2 heterocycles. The van der Waals surface area contributed by atoms with Gasteiger partial charge in [-0.15, -0.1) is 22.5 Å². The van der Waals surface area contributed by atoms with Crippen LogP contribution in [0.15, 0.2) is 16.6 Å². The first kappa shape index (κ1) is 14.2. The summed E-state index contributed by atoms with van der Waals surface area (Å²) in [6.07, 6.45) is 9.16. The third-order valence-electron chi connectivity index (χ3n) is 3.32. The topological polar surface area (TPSA) is 84.5 Å². The lowest BCUT2D eigenvalue weighted by atomic mass is 10.0. The smallest absolute Gasteiger partial charge is 0.220 e. The zero-order valence-corrected chi connectivity index (χ0v) is 11.7. The fourth-order valence-electron chi connectivity index (χ4n) is 2.04. The van der Waals surface area contributed by atoms with Gasteiger partial charge in [-0.25, -0.2) is 0 Å². The van der Waals surface area contributed by atoms with Crippen molar-refractivity contribution in [3.63, 3.8) is 0 Å². The first-order valence-electron chi connectivity index (χ1n) is 6.57. The zero-order chi connectivity index (χ0) is 14.6. The van der Waals surface area contributed by atoms with Crippen LogP contribution in [0.25, 0.3) is 0 Å². The molecule has 1 aliphatic heterocycles. The van der Waals surface area contributed by atoms with Crippen molar-refractivity contribution < 1.29 is 4.79 Å². The molecule has 1 unspecified atom stereocenters. The number of carbonyl (C=O) groups is 1. The van der Waals surface area contributed by atoms with E-state index in [0.29, 0.717) is 19.3 Å². The van der Waals surface area contributed by atoms with Crippen molar-refractivity contribution in [2.24, 2.45) is 17.3 Å². The predicted octanol–water partition coefficient (Wildman–Crippen LogP) is 1.35. The van der Waals surface area contributed by atoms with Crippen LogP contribution in [0.3, 0.4) is 0 Å². The minimum Gasteiger partial charge on any atom is -0.346 e. The van der Waals surface area contributed by atoms with E-state index >= 15 is 0 Å². The quantitative estimate of drug-likeness (QED) is 0.761. The summed E-state index contributed by atoms with van der Waals surface area (Å²) >= 11 is 0. The second kappa shape index (κ2) is 5.82. The first-order valence-corrected chi connectivity index (χ1v) is 6.57. The molecule has 1 aliphatic rings. The number of hydrogen-bond acceptors (Lipinski definition) is 5. The standard InChI is InChI=1S/C13H18N6O/c1-4-5-7-13(17-18-13)8-6-11(20)15-10(2)12-16-14-9-19(12)3/h1,9-10H,5-8H2,2-3H3,(H,15,20). The highest BCUT2D eigenvalue weighted by Gasteiger charge is 2.39. The van der Waals surface area contributed by atoms with Gasteiger partial charge in [-0.1, -0.05) is 0 Å². The Bertz CT molecular complexity index is 549. The number of amides is 1. The zero-order valence-electron chi connectivity index (χ0n) is 11.7. The molecule has 106 valence electrons. The molecule has 0 radical (unpaired) electrons. The number of hydrogen-bond donors (Lipinski definition) is 1. The van der Waals surface area contributed by atoms with Gasteiger partial charge in [0, 0.05) is 32.7 Å². The summed E-state index contributed by atoms with van der Waals surface area (Å²) in [5, 5.41) is 18.7. The van der Waals surface area contributed by atoms with Crippen LogP contribution in [0.1, 0.15) is 44.5 Å². The molecule has 0 aromatic carbocycles. The molecule has 0 fully saturated rings. The van der Waals surface area contributed by atoms with Crippen LogP contribution in [0, 0.1) is 12.3 Å². The summed E-state index contributed by atoms with van der Waals surface area (Å²) < 4.78 is 1.78. The van der Waals surface area contributed by atoms with Gasteiger partial charge in [0.25, 0.3) is 0 Å². The lowest BCUT2D eigenvalue weighted by molar-refractivity contribution is -0.122. The third kappa shape index (κ3) is 3.41. The van der Waals surface area contributed by atoms with Gasteiger partial charge in [0.2, 0.25) is 5.91 Å². The molecule has 20 heavy (non-hydrogen) atoms. The number of aromatic nitrogens is 3. The van der Waals surface area contributed by atoms with E-state index in [0.717, 1.165) is 12.2 Å². The van der Waals surface area contributed by atoms with E-state index in [2.05, 4.69) is 31.7 Å². The maximum atomic E-state index is 11.9. The summed E-state index contributed by atoms with van der Waals surface area (Å²) in [5.41, 5.74) is -0.405. The van der Waals surface area contributed by atoms with Gasteiger partial charge in [-0.05, 0) is 6.92 Å². The molecule has 0 aliphatic carbocycles. The molecule has 0 saturated carbocycles. The molecule has 0 spiro atoms. The lowest BCUT2D eigenvalue weighted by Crippen LogP contribution is -2.29. The van der Waals surface area contributed by atoms with E-state index < -0.39 is 5.66 Å². The minimum absolute atomic E-state index is 0.0436. The van der Waals surface area contributed by atoms with Crippen LogP contribution in [0.5, 0.6) is 0 Å². The average Bonchev–Trinajstić information content (AvgIpc) is 3.07. The molecule has 1 N–H and O–H groups in total. The molecule has 0 saturated heterocycles. The Kier molecular flexibility index (Phi) is 4.13. The number of carbonyl (C=O) groups excluding carboxylic acids is 1. The SMILES string of the molecule is C#CCCC1(CCC(=O)NC(C)c2nncn2C)N=N1. The van der Waals surface area contributed by atoms with Gasteiger partial charge < -0.3 is 9.88 Å². The van der Waals surface area contributed by atoms with Crippen molar-refractivity contribution in [1.29, 1.82) is 0 Å².